The molecule has 0 unspecified atom stereocenters. The number of ether oxygens (including phenoxy) is 1. The van der Waals surface area contributed by atoms with Crippen molar-refractivity contribution in [1.29, 1.82) is 0 Å². The Morgan fingerprint density at radius 2 is 1.94 bits per heavy atom. The van der Waals surface area contributed by atoms with Crippen molar-refractivity contribution in [3.05, 3.63) is 0 Å². The molecule has 0 radical (unpaired) electrons. The Morgan fingerprint density at radius 3 is 2.41 bits per heavy atom. The summed E-state index contributed by atoms with van der Waals surface area (Å²) in [5, 5.41) is 0. The summed E-state index contributed by atoms with van der Waals surface area (Å²) in [5.74, 6) is -1.90. The minimum absolute atomic E-state index is 0.188. The first kappa shape index (κ1) is 13.9. The predicted molar refractivity (Wildman–Crippen MR) is 56.6 cm³/mol. The molecule has 17 heavy (non-hydrogen) atoms. The molecule has 0 aromatic carbocycles. The van der Waals surface area contributed by atoms with Gasteiger partial charge in [0.15, 0.2) is 0 Å². The van der Waals surface area contributed by atoms with Crippen LogP contribution in [0.3, 0.4) is 0 Å². The van der Waals surface area contributed by atoms with Crippen LogP contribution in [0.1, 0.15) is 33.6 Å². The fourth-order valence-corrected chi connectivity index (χ4v) is 1.77. The summed E-state index contributed by atoms with van der Waals surface area (Å²) in [6.07, 6.45) is -2.14. The number of alkyl halides is 2. The van der Waals surface area contributed by atoms with Crippen molar-refractivity contribution in [2.45, 2.75) is 51.7 Å². The van der Waals surface area contributed by atoms with Crippen molar-refractivity contribution in [2.24, 2.45) is 0 Å². The van der Waals surface area contributed by atoms with Gasteiger partial charge in [-0.2, -0.15) is 8.78 Å². The van der Waals surface area contributed by atoms with Crippen LogP contribution in [0.4, 0.5) is 8.78 Å². The summed E-state index contributed by atoms with van der Waals surface area (Å²) in [5.41, 5.74) is -0.681. The number of carbonyl (C=O) groups excluding carboxylic acids is 2. The summed E-state index contributed by atoms with van der Waals surface area (Å²) < 4.78 is 29.7. The molecular weight excluding hydrogens is 232 g/mol. The predicted octanol–water partition coefficient (Wildman–Crippen LogP) is 1.58. The number of hydrogen-bond acceptors (Lipinski definition) is 3. The van der Waals surface area contributed by atoms with Crippen molar-refractivity contribution < 1.29 is 23.1 Å². The van der Waals surface area contributed by atoms with Crippen LogP contribution in [0.15, 0.2) is 0 Å². The molecule has 0 saturated carbocycles. The maximum absolute atomic E-state index is 12.3. The van der Waals surface area contributed by atoms with E-state index in [0.717, 1.165) is 4.90 Å². The lowest BCUT2D eigenvalue weighted by Gasteiger charge is -2.27. The normalized spacial score (nSPS) is 20.8. The summed E-state index contributed by atoms with van der Waals surface area (Å²) in [7, 11) is 0. The third-order valence-corrected chi connectivity index (χ3v) is 2.40. The Kier molecular flexibility index (Phi) is 4.06. The smallest absolute Gasteiger partial charge is 0.329 e. The maximum atomic E-state index is 12.3. The van der Waals surface area contributed by atoms with Crippen LogP contribution >= 0.6 is 0 Å². The number of esters is 1. The molecule has 0 aliphatic carbocycles. The van der Waals surface area contributed by atoms with E-state index in [1.165, 1.54) is 0 Å². The van der Waals surface area contributed by atoms with Gasteiger partial charge in [-0.05, 0) is 33.6 Å². The minimum Gasteiger partial charge on any atom is -0.458 e. The molecule has 0 aromatic heterocycles. The molecule has 1 aliphatic heterocycles. The van der Waals surface area contributed by atoms with Gasteiger partial charge in [-0.3, -0.25) is 4.79 Å². The number of rotatable bonds is 2. The standard InChI is InChI=1S/C11H17F2NO3/c1-11(2,3)17-10(16)7-5-4-6-14(7)9(15)8(12)13/h7-8H,4-6H2,1-3H3/t7-/m0/s1. The highest BCUT2D eigenvalue weighted by atomic mass is 19.3. The molecule has 1 rings (SSSR count). The topological polar surface area (TPSA) is 46.6 Å². The Balaban J connectivity index is 2.70. The molecule has 0 aromatic rings. The van der Waals surface area contributed by atoms with Gasteiger partial charge in [0.25, 0.3) is 5.91 Å². The number of hydrogen-bond donors (Lipinski definition) is 0. The van der Waals surface area contributed by atoms with E-state index in [1.54, 1.807) is 20.8 Å². The highest BCUT2D eigenvalue weighted by molar-refractivity contribution is 5.86. The number of carbonyl (C=O) groups is 2. The first-order valence-electron chi connectivity index (χ1n) is 5.54. The summed E-state index contributed by atoms with van der Waals surface area (Å²) >= 11 is 0. The number of nitrogens with zero attached hydrogens (tertiary/aromatic N) is 1. The second-order valence-corrected chi connectivity index (χ2v) is 5.02. The molecule has 1 saturated heterocycles. The fraction of sp³-hybridized carbons (Fsp3) is 0.818. The first-order valence-corrected chi connectivity index (χ1v) is 5.54. The number of halogens is 2. The lowest BCUT2D eigenvalue weighted by Crippen LogP contribution is -2.45. The molecule has 0 bridgehead atoms. The lowest BCUT2D eigenvalue weighted by atomic mass is 10.1. The van der Waals surface area contributed by atoms with Crippen molar-refractivity contribution >= 4 is 11.9 Å². The summed E-state index contributed by atoms with van der Waals surface area (Å²) in [6, 6.07) is -0.865. The molecule has 1 fully saturated rings. The second kappa shape index (κ2) is 4.98. The lowest BCUT2D eigenvalue weighted by molar-refractivity contribution is -0.165. The van der Waals surface area contributed by atoms with Crippen LogP contribution < -0.4 is 0 Å². The van der Waals surface area contributed by atoms with E-state index >= 15 is 0 Å². The SMILES string of the molecule is CC(C)(C)OC(=O)[C@@H]1CCCN1C(=O)C(F)F. The van der Waals surface area contributed by atoms with Crippen molar-refractivity contribution in [3.63, 3.8) is 0 Å². The second-order valence-electron chi connectivity index (χ2n) is 5.02. The third-order valence-electron chi connectivity index (χ3n) is 2.40. The zero-order valence-electron chi connectivity index (χ0n) is 10.2. The van der Waals surface area contributed by atoms with Gasteiger partial charge < -0.3 is 9.64 Å². The molecule has 1 aliphatic rings. The largest absolute Gasteiger partial charge is 0.458 e. The highest BCUT2D eigenvalue weighted by Crippen LogP contribution is 2.22. The van der Waals surface area contributed by atoms with E-state index in [4.69, 9.17) is 4.74 Å². The van der Waals surface area contributed by atoms with Crippen LogP contribution in [-0.4, -0.2) is 41.4 Å². The molecule has 0 N–H and O–H groups in total. The number of likely N-dealkylation sites (tertiary alicyclic amines) is 1. The van der Waals surface area contributed by atoms with Crippen LogP contribution in [0, 0.1) is 0 Å². The first-order chi connectivity index (χ1) is 7.72. The van der Waals surface area contributed by atoms with Gasteiger partial charge in [0.1, 0.15) is 11.6 Å². The van der Waals surface area contributed by atoms with Crippen LogP contribution in [0.25, 0.3) is 0 Å². The Bertz CT molecular complexity index is 312. The van der Waals surface area contributed by atoms with Crippen LogP contribution in [0.5, 0.6) is 0 Å². The fourth-order valence-electron chi connectivity index (χ4n) is 1.77. The minimum atomic E-state index is -3.07. The zero-order chi connectivity index (χ0) is 13.2. The molecule has 98 valence electrons. The molecular formula is C11H17F2NO3. The van der Waals surface area contributed by atoms with Gasteiger partial charge in [0.2, 0.25) is 0 Å². The average molecular weight is 249 g/mol. The molecule has 1 atom stereocenters. The van der Waals surface area contributed by atoms with Crippen molar-refractivity contribution in [3.8, 4) is 0 Å². The van der Waals surface area contributed by atoms with Crippen molar-refractivity contribution in [1.82, 2.24) is 4.90 Å². The molecule has 1 heterocycles. The molecule has 6 heteroatoms. The Morgan fingerprint density at radius 1 is 1.35 bits per heavy atom. The van der Waals surface area contributed by atoms with Gasteiger partial charge in [-0.1, -0.05) is 0 Å². The third kappa shape index (κ3) is 3.64. The highest BCUT2D eigenvalue weighted by Gasteiger charge is 2.39. The summed E-state index contributed by atoms with van der Waals surface area (Å²) in [6.45, 7) is 5.27. The Hall–Kier alpha value is -1.20. The van der Waals surface area contributed by atoms with Crippen LogP contribution in [0.2, 0.25) is 0 Å². The monoisotopic (exact) mass is 249 g/mol. The average Bonchev–Trinajstić information content (AvgIpc) is 2.61. The van der Waals surface area contributed by atoms with Gasteiger partial charge >= 0.3 is 12.4 Å². The molecule has 0 spiro atoms. The van der Waals surface area contributed by atoms with E-state index in [9.17, 15) is 18.4 Å². The van der Waals surface area contributed by atoms with Gasteiger partial charge in [0, 0.05) is 6.54 Å². The van der Waals surface area contributed by atoms with Gasteiger partial charge in [0.05, 0.1) is 0 Å². The van der Waals surface area contributed by atoms with E-state index < -0.39 is 29.9 Å². The Labute approximate surface area is 98.9 Å². The van der Waals surface area contributed by atoms with Gasteiger partial charge in [-0.25, -0.2) is 4.79 Å². The van der Waals surface area contributed by atoms with Gasteiger partial charge in [-0.15, -0.1) is 0 Å². The van der Waals surface area contributed by atoms with E-state index in [0.29, 0.717) is 12.8 Å². The van der Waals surface area contributed by atoms with E-state index in [2.05, 4.69) is 0 Å². The number of amides is 1. The molecule has 1 amide bonds. The van der Waals surface area contributed by atoms with E-state index in [-0.39, 0.29) is 6.54 Å². The summed E-state index contributed by atoms with van der Waals surface area (Å²) in [4.78, 5) is 23.8. The quantitative estimate of drug-likeness (QED) is 0.698. The molecule has 4 nitrogen and oxygen atoms in total. The van der Waals surface area contributed by atoms with E-state index in [1.807, 2.05) is 0 Å². The van der Waals surface area contributed by atoms with Crippen molar-refractivity contribution in [2.75, 3.05) is 6.54 Å². The zero-order valence-corrected chi connectivity index (χ0v) is 10.2. The van der Waals surface area contributed by atoms with Crippen LogP contribution in [-0.2, 0) is 14.3 Å². The maximum Gasteiger partial charge on any atom is 0.329 e.